The van der Waals surface area contributed by atoms with Crippen LogP contribution < -0.4 is 15.4 Å². The number of aromatic nitrogens is 2. The van der Waals surface area contributed by atoms with E-state index < -0.39 is 4.92 Å². The van der Waals surface area contributed by atoms with E-state index in [1.807, 2.05) is 0 Å². The van der Waals surface area contributed by atoms with Crippen molar-refractivity contribution < 1.29 is 9.66 Å². The van der Waals surface area contributed by atoms with Crippen LogP contribution in [0.3, 0.4) is 0 Å². The predicted molar refractivity (Wildman–Crippen MR) is 74.5 cm³/mol. The molecule has 0 unspecified atom stereocenters. The molecule has 0 aliphatic rings. The fraction of sp³-hybridized carbons (Fsp3) is 0.167. The average molecular weight is 275 g/mol. The third-order valence-electron chi connectivity index (χ3n) is 2.55. The summed E-state index contributed by atoms with van der Waals surface area (Å²) in [6.07, 6.45) is 1.16. The number of ether oxygens (including phenoxy) is 1. The lowest BCUT2D eigenvalue weighted by Gasteiger charge is -2.07. The van der Waals surface area contributed by atoms with Gasteiger partial charge in [-0.2, -0.15) is 4.98 Å². The molecule has 1 aromatic carbocycles. The maximum Gasteiger partial charge on any atom is 0.329 e. The van der Waals surface area contributed by atoms with Crippen LogP contribution in [0.15, 0.2) is 30.5 Å². The van der Waals surface area contributed by atoms with Gasteiger partial charge in [0.1, 0.15) is 11.9 Å². The number of benzene rings is 1. The SMILES string of the molecule is CNc1nc(Nc2ccc(OC)cc2)ncc1[N+](=O)[O-]. The third-order valence-corrected chi connectivity index (χ3v) is 2.55. The summed E-state index contributed by atoms with van der Waals surface area (Å²) in [6, 6.07) is 7.16. The number of nitro groups is 1. The fourth-order valence-corrected chi connectivity index (χ4v) is 1.56. The summed E-state index contributed by atoms with van der Waals surface area (Å²) >= 11 is 0. The van der Waals surface area contributed by atoms with Crippen LogP contribution in [0.5, 0.6) is 5.75 Å². The first-order valence-corrected chi connectivity index (χ1v) is 5.74. The lowest BCUT2D eigenvalue weighted by atomic mass is 10.3. The topological polar surface area (TPSA) is 102 Å². The summed E-state index contributed by atoms with van der Waals surface area (Å²) in [5, 5.41) is 16.4. The van der Waals surface area contributed by atoms with Crippen LogP contribution in [0.2, 0.25) is 0 Å². The van der Waals surface area contributed by atoms with Crippen molar-refractivity contribution in [3.63, 3.8) is 0 Å². The minimum Gasteiger partial charge on any atom is -0.497 e. The minimum absolute atomic E-state index is 0.154. The zero-order valence-electron chi connectivity index (χ0n) is 11.0. The molecule has 2 aromatic rings. The number of anilines is 3. The van der Waals surface area contributed by atoms with Crippen molar-refractivity contribution in [2.75, 3.05) is 24.8 Å². The number of nitrogens with zero attached hydrogens (tertiary/aromatic N) is 3. The molecule has 2 rings (SSSR count). The van der Waals surface area contributed by atoms with Gasteiger partial charge in [0, 0.05) is 12.7 Å². The van der Waals surface area contributed by atoms with Crippen LogP contribution in [0.25, 0.3) is 0 Å². The van der Waals surface area contributed by atoms with Gasteiger partial charge in [0.25, 0.3) is 0 Å². The Bertz CT molecular complexity index is 615. The zero-order chi connectivity index (χ0) is 14.5. The van der Waals surface area contributed by atoms with Gasteiger partial charge in [-0.15, -0.1) is 0 Å². The fourth-order valence-electron chi connectivity index (χ4n) is 1.56. The number of methoxy groups -OCH3 is 1. The minimum atomic E-state index is -0.539. The van der Waals surface area contributed by atoms with Crippen molar-refractivity contribution in [3.05, 3.63) is 40.6 Å². The van der Waals surface area contributed by atoms with Crippen LogP contribution >= 0.6 is 0 Å². The van der Waals surface area contributed by atoms with Gasteiger partial charge in [-0.05, 0) is 24.3 Å². The van der Waals surface area contributed by atoms with Gasteiger partial charge < -0.3 is 15.4 Å². The predicted octanol–water partition coefficient (Wildman–Crippen LogP) is 2.18. The summed E-state index contributed by atoms with van der Waals surface area (Å²) in [5.74, 6) is 1.15. The van der Waals surface area contributed by atoms with Crippen molar-refractivity contribution in [2.24, 2.45) is 0 Å². The Morgan fingerprint density at radius 2 is 2.00 bits per heavy atom. The lowest BCUT2D eigenvalue weighted by molar-refractivity contribution is -0.384. The van der Waals surface area contributed by atoms with E-state index in [1.54, 1.807) is 38.4 Å². The Balaban J connectivity index is 2.22. The van der Waals surface area contributed by atoms with Gasteiger partial charge in [0.2, 0.25) is 11.8 Å². The summed E-state index contributed by atoms with van der Waals surface area (Å²) in [6.45, 7) is 0. The third kappa shape index (κ3) is 2.91. The largest absolute Gasteiger partial charge is 0.497 e. The van der Waals surface area contributed by atoms with Crippen LogP contribution in [-0.4, -0.2) is 29.0 Å². The van der Waals surface area contributed by atoms with Crippen molar-refractivity contribution >= 4 is 23.1 Å². The average Bonchev–Trinajstić information content (AvgIpc) is 2.47. The molecule has 0 aliphatic carbocycles. The van der Waals surface area contributed by atoms with Crippen molar-refractivity contribution in [1.29, 1.82) is 0 Å². The van der Waals surface area contributed by atoms with Crippen LogP contribution in [0, 0.1) is 10.1 Å². The Hall–Kier alpha value is -2.90. The second kappa shape index (κ2) is 5.83. The van der Waals surface area contributed by atoms with Gasteiger partial charge in [-0.3, -0.25) is 10.1 Å². The smallest absolute Gasteiger partial charge is 0.329 e. The lowest BCUT2D eigenvalue weighted by Crippen LogP contribution is -2.04. The van der Waals surface area contributed by atoms with Gasteiger partial charge >= 0.3 is 5.69 Å². The van der Waals surface area contributed by atoms with Crippen LogP contribution in [0.4, 0.5) is 23.1 Å². The zero-order valence-corrected chi connectivity index (χ0v) is 11.0. The molecular weight excluding hydrogens is 262 g/mol. The molecule has 8 heteroatoms. The molecule has 0 spiro atoms. The van der Waals surface area contributed by atoms with E-state index in [2.05, 4.69) is 20.6 Å². The Kier molecular flexibility index (Phi) is 3.94. The maximum absolute atomic E-state index is 10.8. The summed E-state index contributed by atoms with van der Waals surface area (Å²) in [4.78, 5) is 18.2. The van der Waals surface area contributed by atoms with E-state index in [4.69, 9.17) is 4.74 Å². The first-order chi connectivity index (χ1) is 9.63. The maximum atomic E-state index is 10.8. The summed E-state index contributed by atoms with van der Waals surface area (Å²) in [7, 11) is 3.15. The number of rotatable bonds is 5. The quantitative estimate of drug-likeness (QED) is 0.636. The molecule has 1 aromatic heterocycles. The number of hydrogen-bond donors (Lipinski definition) is 2. The van der Waals surface area contributed by atoms with E-state index in [-0.39, 0.29) is 17.5 Å². The van der Waals surface area contributed by atoms with Gasteiger partial charge in [0.05, 0.1) is 12.0 Å². The molecule has 8 nitrogen and oxygen atoms in total. The van der Waals surface area contributed by atoms with Crippen LogP contribution in [0.1, 0.15) is 0 Å². The Morgan fingerprint density at radius 3 is 2.55 bits per heavy atom. The molecule has 0 radical (unpaired) electrons. The molecule has 1 heterocycles. The normalized spacial score (nSPS) is 9.90. The van der Waals surface area contributed by atoms with E-state index in [0.717, 1.165) is 17.6 Å². The van der Waals surface area contributed by atoms with E-state index in [1.165, 1.54) is 0 Å². The Labute approximate surface area is 115 Å². The molecule has 104 valence electrons. The first kappa shape index (κ1) is 13.5. The highest BCUT2D eigenvalue weighted by Crippen LogP contribution is 2.23. The van der Waals surface area contributed by atoms with Crippen molar-refractivity contribution in [1.82, 2.24) is 9.97 Å². The molecule has 0 aliphatic heterocycles. The Morgan fingerprint density at radius 1 is 1.30 bits per heavy atom. The molecule has 0 fully saturated rings. The molecule has 20 heavy (non-hydrogen) atoms. The first-order valence-electron chi connectivity index (χ1n) is 5.74. The number of hydrogen-bond acceptors (Lipinski definition) is 7. The molecule has 0 bridgehead atoms. The van der Waals surface area contributed by atoms with E-state index in [0.29, 0.717) is 0 Å². The monoisotopic (exact) mass is 275 g/mol. The standard InChI is InChI=1S/C12H13N5O3/c1-13-11-10(17(18)19)7-14-12(16-11)15-8-3-5-9(20-2)6-4-8/h3-7H,1-2H3,(H2,13,14,15,16). The molecule has 0 saturated carbocycles. The molecular formula is C12H13N5O3. The van der Waals surface area contributed by atoms with Crippen molar-refractivity contribution in [3.8, 4) is 5.75 Å². The summed E-state index contributed by atoms with van der Waals surface area (Å²) in [5.41, 5.74) is 0.578. The number of nitrogens with one attached hydrogen (secondary N) is 2. The highest BCUT2D eigenvalue weighted by molar-refractivity contribution is 5.60. The van der Waals surface area contributed by atoms with E-state index in [9.17, 15) is 10.1 Å². The van der Waals surface area contributed by atoms with Crippen molar-refractivity contribution in [2.45, 2.75) is 0 Å². The highest BCUT2D eigenvalue weighted by Gasteiger charge is 2.15. The second-order valence-electron chi connectivity index (χ2n) is 3.79. The molecule has 0 amide bonds. The molecule has 0 saturated heterocycles. The highest BCUT2D eigenvalue weighted by atomic mass is 16.6. The molecule has 2 N–H and O–H groups in total. The van der Waals surface area contributed by atoms with Gasteiger partial charge in [0.15, 0.2) is 0 Å². The van der Waals surface area contributed by atoms with Gasteiger partial charge in [-0.1, -0.05) is 0 Å². The van der Waals surface area contributed by atoms with E-state index >= 15 is 0 Å². The second-order valence-corrected chi connectivity index (χ2v) is 3.79. The van der Waals surface area contributed by atoms with Gasteiger partial charge in [-0.25, -0.2) is 4.98 Å². The summed E-state index contributed by atoms with van der Waals surface area (Å²) < 4.78 is 5.05. The van der Waals surface area contributed by atoms with Crippen LogP contribution in [-0.2, 0) is 0 Å². The molecule has 0 atom stereocenters.